The minimum Gasteiger partial charge on any atom is -0.444 e. The fourth-order valence-electron chi connectivity index (χ4n) is 2.58. The van der Waals surface area contributed by atoms with E-state index in [1.165, 1.54) is 0 Å². The Morgan fingerprint density at radius 2 is 1.86 bits per heavy atom. The summed E-state index contributed by atoms with van der Waals surface area (Å²) in [4.78, 5) is 31.0. The van der Waals surface area contributed by atoms with Gasteiger partial charge in [-0.15, -0.1) is 0 Å². The molecular formula is C21H25Cl2N3O3. The van der Waals surface area contributed by atoms with Crippen molar-refractivity contribution in [2.75, 3.05) is 0 Å². The topological polar surface area (TPSA) is 71.5 Å². The zero-order valence-electron chi connectivity index (χ0n) is 16.9. The molecule has 0 fully saturated rings. The lowest BCUT2D eigenvalue weighted by Crippen LogP contribution is -2.47. The zero-order chi connectivity index (χ0) is 21.6. The van der Waals surface area contributed by atoms with Crippen molar-refractivity contribution >= 4 is 35.2 Å². The molecule has 0 saturated carbocycles. The van der Waals surface area contributed by atoms with Crippen molar-refractivity contribution in [1.29, 1.82) is 0 Å². The second-order valence-corrected chi connectivity index (χ2v) is 8.45. The number of alkyl carbamates (subject to hydrolysis) is 1. The molecule has 0 radical (unpaired) electrons. The molecule has 2 amide bonds. The van der Waals surface area contributed by atoms with Crippen LogP contribution in [0.5, 0.6) is 0 Å². The third kappa shape index (κ3) is 7.55. The highest BCUT2D eigenvalue weighted by molar-refractivity contribution is 6.42. The van der Waals surface area contributed by atoms with Gasteiger partial charge in [-0.3, -0.25) is 9.78 Å². The summed E-state index contributed by atoms with van der Waals surface area (Å²) in [5, 5.41) is 3.44. The molecule has 8 heteroatoms. The van der Waals surface area contributed by atoms with Crippen LogP contribution in [0.2, 0.25) is 10.0 Å². The summed E-state index contributed by atoms with van der Waals surface area (Å²) in [5.74, 6) is -0.271. The van der Waals surface area contributed by atoms with Gasteiger partial charge in [-0.1, -0.05) is 35.3 Å². The first kappa shape index (κ1) is 23.0. The maximum Gasteiger partial charge on any atom is 0.408 e. The summed E-state index contributed by atoms with van der Waals surface area (Å²) >= 11 is 12.1. The van der Waals surface area contributed by atoms with E-state index in [4.69, 9.17) is 27.9 Å². The van der Waals surface area contributed by atoms with Crippen molar-refractivity contribution in [3.05, 3.63) is 63.9 Å². The fourth-order valence-corrected chi connectivity index (χ4v) is 2.90. The molecule has 1 atom stereocenters. The number of carbonyl (C=O) groups is 2. The summed E-state index contributed by atoms with van der Waals surface area (Å²) in [6, 6.07) is 9.92. The Hall–Kier alpha value is -2.31. The highest BCUT2D eigenvalue weighted by Gasteiger charge is 2.25. The van der Waals surface area contributed by atoms with Crippen LogP contribution in [0.15, 0.2) is 42.6 Å². The summed E-state index contributed by atoms with van der Waals surface area (Å²) in [5.41, 5.74) is 0.888. The Morgan fingerprint density at radius 1 is 1.14 bits per heavy atom. The molecular weight excluding hydrogens is 413 g/mol. The number of nitrogens with one attached hydrogen (secondary N) is 1. The summed E-state index contributed by atoms with van der Waals surface area (Å²) < 4.78 is 5.24. The molecule has 0 unspecified atom stereocenters. The van der Waals surface area contributed by atoms with Crippen molar-refractivity contribution in [2.24, 2.45) is 0 Å². The van der Waals surface area contributed by atoms with Gasteiger partial charge in [0.25, 0.3) is 0 Å². The first-order chi connectivity index (χ1) is 13.5. The number of pyridine rings is 1. The monoisotopic (exact) mass is 437 g/mol. The second kappa shape index (κ2) is 9.94. The van der Waals surface area contributed by atoms with Gasteiger partial charge in [-0.05, 0) is 57.5 Å². The van der Waals surface area contributed by atoms with Crippen LogP contribution >= 0.6 is 23.2 Å². The average Bonchev–Trinajstić information content (AvgIpc) is 2.62. The molecule has 2 aromatic rings. The van der Waals surface area contributed by atoms with Gasteiger partial charge in [0.05, 0.1) is 22.3 Å². The highest BCUT2D eigenvalue weighted by atomic mass is 35.5. The molecule has 2 rings (SSSR count). The van der Waals surface area contributed by atoms with Crippen molar-refractivity contribution < 1.29 is 14.3 Å². The number of hydrogen-bond donors (Lipinski definition) is 1. The minimum absolute atomic E-state index is 0.271. The third-order valence-electron chi connectivity index (χ3n) is 3.85. The molecule has 6 nitrogen and oxygen atoms in total. The van der Waals surface area contributed by atoms with Crippen molar-refractivity contribution in [2.45, 2.75) is 52.4 Å². The molecule has 0 spiro atoms. The van der Waals surface area contributed by atoms with Gasteiger partial charge in [0.1, 0.15) is 11.6 Å². The number of aromatic nitrogens is 1. The number of hydrogen-bond acceptors (Lipinski definition) is 4. The number of amides is 2. The van der Waals surface area contributed by atoms with Gasteiger partial charge in [0.15, 0.2) is 0 Å². The molecule has 0 saturated heterocycles. The van der Waals surface area contributed by atoms with Crippen LogP contribution < -0.4 is 5.32 Å². The van der Waals surface area contributed by atoms with Crippen LogP contribution in [0.3, 0.4) is 0 Å². The van der Waals surface area contributed by atoms with Gasteiger partial charge in [-0.25, -0.2) is 4.79 Å². The quantitative estimate of drug-likeness (QED) is 0.701. The molecule has 1 heterocycles. The van der Waals surface area contributed by atoms with E-state index in [2.05, 4.69) is 10.3 Å². The standard InChI is InChI=1S/C21H25Cl2N3O3/c1-14(25-20(28)29-21(2,3)4)19(27)26(13-16-7-5-6-10-24-16)12-15-8-9-17(22)18(23)11-15/h5-11,14H,12-13H2,1-4H3,(H,25,28)/t14-/m1/s1. The van der Waals surface area contributed by atoms with E-state index >= 15 is 0 Å². The molecule has 0 aliphatic heterocycles. The van der Waals surface area contributed by atoms with Crippen LogP contribution in [0.1, 0.15) is 39.0 Å². The number of rotatable bonds is 6. The molecule has 1 N–H and O–H groups in total. The molecule has 1 aromatic heterocycles. The summed E-state index contributed by atoms with van der Waals surface area (Å²) in [6.45, 7) is 7.46. The summed E-state index contributed by atoms with van der Waals surface area (Å²) in [7, 11) is 0. The highest BCUT2D eigenvalue weighted by Crippen LogP contribution is 2.23. The molecule has 156 valence electrons. The Bertz CT molecular complexity index is 854. The van der Waals surface area contributed by atoms with Crippen LogP contribution in [-0.2, 0) is 22.6 Å². The Balaban J connectivity index is 2.17. The number of ether oxygens (including phenoxy) is 1. The van der Waals surface area contributed by atoms with Crippen LogP contribution in [0, 0.1) is 0 Å². The maximum absolute atomic E-state index is 13.1. The maximum atomic E-state index is 13.1. The van der Waals surface area contributed by atoms with Gasteiger partial charge >= 0.3 is 6.09 Å². The lowest BCUT2D eigenvalue weighted by Gasteiger charge is -2.27. The normalized spacial score (nSPS) is 12.2. The Morgan fingerprint density at radius 3 is 2.45 bits per heavy atom. The molecule has 1 aromatic carbocycles. The van der Waals surface area contributed by atoms with Crippen molar-refractivity contribution in [1.82, 2.24) is 15.2 Å². The van der Waals surface area contributed by atoms with E-state index < -0.39 is 17.7 Å². The van der Waals surface area contributed by atoms with Gasteiger partial charge in [0, 0.05) is 12.7 Å². The van der Waals surface area contributed by atoms with E-state index in [9.17, 15) is 9.59 Å². The molecule has 29 heavy (non-hydrogen) atoms. The zero-order valence-corrected chi connectivity index (χ0v) is 18.4. The van der Waals surface area contributed by atoms with Crippen LogP contribution in [-0.4, -0.2) is 33.5 Å². The minimum atomic E-state index is -0.781. The summed E-state index contributed by atoms with van der Waals surface area (Å²) in [6.07, 6.45) is 1.02. The first-order valence-corrected chi connectivity index (χ1v) is 9.93. The van der Waals surface area contributed by atoms with Crippen LogP contribution in [0.25, 0.3) is 0 Å². The van der Waals surface area contributed by atoms with Gasteiger partial charge < -0.3 is 15.0 Å². The van der Waals surface area contributed by atoms with E-state index in [1.54, 1.807) is 63.1 Å². The first-order valence-electron chi connectivity index (χ1n) is 9.17. The van der Waals surface area contributed by atoms with Gasteiger partial charge in [0.2, 0.25) is 5.91 Å². The smallest absolute Gasteiger partial charge is 0.408 e. The van der Waals surface area contributed by atoms with Gasteiger partial charge in [-0.2, -0.15) is 0 Å². The Labute approximate surface area is 181 Å². The average molecular weight is 438 g/mol. The SMILES string of the molecule is C[C@@H](NC(=O)OC(C)(C)C)C(=O)N(Cc1ccc(Cl)c(Cl)c1)Cc1ccccn1. The third-order valence-corrected chi connectivity index (χ3v) is 4.59. The van der Waals surface area contributed by atoms with Crippen molar-refractivity contribution in [3.63, 3.8) is 0 Å². The lowest BCUT2D eigenvalue weighted by atomic mass is 10.1. The van der Waals surface area contributed by atoms with E-state index in [0.717, 1.165) is 11.3 Å². The Kier molecular flexibility index (Phi) is 7.88. The predicted octanol–water partition coefficient (Wildman–Crippen LogP) is 4.83. The second-order valence-electron chi connectivity index (χ2n) is 7.63. The largest absolute Gasteiger partial charge is 0.444 e. The number of nitrogens with zero attached hydrogens (tertiary/aromatic N) is 2. The fraction of sp³-hybridized carbons (Fsp3) is 0.381. The van der Waals surface area contributed by atoms with E-state index in [0.29, 0.717) is 10.0 Å². The predicted molar refractivity (Wildman–Crippen MR) is 114 cm³/mol. The van der Waals surface area contributed by atoms with Crippen LogP contribution in [0.4, 0.5) is 4.79 Å². The molecule has 0 bridgehead atoms. The molecule has 0 aliphatic rings. The lowest BCUT2D eigenvalue weighted by molar-refractivity contribution is -0.134. The van der Waals surface area contributed by atoms with E-state index in [-0.39, 0.29) is 19.0 Å². The van der Waals surface area contributed by atoms with Crippen molar-refractivity contribution in [3.8, 4) is 0 Å². The number of benzene rings is 1. The number of halogens is 2. The van der Waals surface area contributed by atoms with E-state index in [1.807, 2.05) is 12.1 Å². The molecule has 0 aliphatic carbocycles. The number of carbonyl (C=O) groups excluding carboxylic acids is 2.